The van der Waals surface area contributed by atoms with E-state index in [9.17, 15) is 0 Å². The molecule has 0 spiro atoms. The number of nitrogens with zero attached hydrogens (tertiary/aromatic N) is 2. The molecule has 0 unspecified atom stereocenters. The normalized spacial score (nSPS) is 9.71. The molecule has 24 heavy (non-hydrogen) atoms. The summed E-state index contributed by atoms with van der Waals surface area (Å²) in [6.07, 6.45) is 3.37. The van der Waals surface area contributed by atoms with Gasteiger partial charge in [-0.3, -0.25) is 0 Å². The van der Waals surface area contributed by atoms with E-state index in [1.807, 2.05) is 42.5 Å². The Balaban J connectivity index is 1.73. The molecule has 0 aliphatic carbocycles. The smallest absolute Gasteiger partial charge is 0.235 e. The standard InChI is InChI=1S/C19H15N3O2/c23-14-4-6-15-5-3-13-21-19(15)24-17-10-8-16(9-11-17)22-18-7-1-2-12-20-18/h1-3,5,7-13,23H,14H2,(H,20,22). The van der Waals surface area contributed by atoms with E-state index < -0.39 is 0 Å². The number of anilines is 2. The Morgan fingerprint density at radius 2 is 1.79 bits per heavy atom. The molecule has 2 aromatic heterocycles. The highest BCUT2D eigenvalue weighted by Crippen LogP contribution is 2.24. The molecular weight excluding hydrogens is 302 g/mol. The topological polar surface area (TPSA) is 67.3 Å². The third-order valence-electron chi connectivity index (χ3n) is 3.08. The van der Waals surface area contributed by atoms with E-state index in [0.717, 1.165) is 11.5 Å². The lowest BCUT2D eigenvalue weighted by Gasteiger charge is -2.08. The lowest BCUT2D eigenvalue weighted by molar-refractivity contribution is 0.350. The Hall–Kier alpha value is -3.36. The Labute approximate surface area is 140 Å². The zero-order valence-electron chi connectivity index (χ0n) is 12.8. The molecule has 0 aliphatic heterocycles. The van der Waals surface area contributed by atoms with Gasteiger partial charge >= 0.3 is 0 Å². The van der Waals surface area contributed by atoms with Gasteiger partial charge in [-0.05, 0) is 48.5 Å². The number of pyridine rings is 2. The third kappa shape index (κ3) is 4.09. The second-order valence-corrected chi connectivity index (χ2v) is 4.78. The summed E-state index contributed by atoms with van der Waals surface area (Å²) in [4.78, 5) is 8.40. The zero-order chi connectivity index (χ0) is 16.6. The Morgan fingerprint density at radius 1 is 0.958 bits per heavy atom. The molecule has 0 bridgehead atoms. The molecular formula is C19H15N3O2. The lowest BCUT2D eigenvalue weighted by Crippen LogP contribution is -1.94. The van der Waals surface area contributed by atoms with Crippen LogP contribution in [0.15, 0.2) is 67.0 Å². The quantitative estimate of drug-likeness (QED) is 0.722. The molecule has 5 nitrogen and oxygen atoms in total. The highest BCUT2D eigenvalue weighted by Gasteiger charge is 2.04. The van der Waals surface area contributed by atoms with E-state index in [0.29, 0.717) is 17.2 Å². The summed E-state index contributed by atoms with van der Waals surface area (Å²) in [5.74, 6) is 7.24. The monoisotopic (exact) mass is 317 g/mol. The second kappa shape index (κ2) is 7.77. The maximum absolute atomic E-state index is 8.81. The van der Waals surface area contributed by atoms with Crippen LogP contribution in [-0.2, 0) is 0 Å². The van der Waals surface area contributed by atoms with Gasteiger partial charge in [-0.15, -0.1) is 0 Å². The van der Waals surface area contributed by atoms with Crippen LogP contribution in [0.25, 0.3) is 0 Å². The maximum atomic E-state index is 8.81. The fourth-order valence-corrected chi connectivity index (χ4v) is 2.00. The summed E-state index contributed by atoms with van der Waals surface area (Å²) < 4.78 is 5.77. The highest BCUT2D eigenvalue weighted by molar-refractivity contribution is 5.57. The zero-order valence-corrected chi connectivity index (χ0v) is 12.8. The Morgan fingerprint density at radius 3 is 2.54 bits per heavy atom. The van der Waals surface area contributed by atoms with E-state index in [-0.39, 0.29) is 6.61 Å². The van der Waals surface area contributed by atoms with Gasteiger partial charge in [0.05, 0.1) is 5.56 Å². The third-order valence-corrected chi connectivity index (χ3v) is 3.08. The van der Waals surface area contributed by atoms with Crippen molar-refractivity contribution in [3.8, 4) is 23.5 Å². The van der Waals surface area contributed by atoms with Crippen LogP contribution in [0.3, 0.4) is 0 Å². The number of nitrogens with one attached hydrogen (secondary N) is 1. The SMILES string of the molecule is OCC#Cc1cccnc1Oc1ccc(Nc2ccccn2)cc1. The van der Waals surface area contributed by atoms with Crippen molar-refractivity contribution in [1.82, 2.24) is 9.97 Å². The van der Waals surface area contributed by atoms with Gasteiger partial charge < -0.3 is 15.2 Å². The molecule has 0 amide bonds. The number of hydrogen-bond acceptors (Lipinski definition) is 5. The highest BCUT2D eigenvalue weighted by atomic mass is 16.5. The molecule has 2 heterocycles. The average Bonchev–Trinajstić information content (AvgIpc) is 2.63. The number of ether oxygens (including phenoxy) is 1. The van der Waals surface area contributed by atoms with Crippen LogP contribution in [0, 0.1) is 11.8 Å². The molecule has 2 N–H and O–H groups in total. The minimum absolute atomic E-state index is 0.206. The van der Waals surface area contributed by atoms with Crippen molar-refractivity contribution in [2.75, 3.05) is 11.9 Å². The minimum Gasteiger partial charge on any atom is -0.438 e. The maximum Gasteiger partial charge on any atom is 0.235 e. The first-order valence-electron chi connectivity index (χ1n) is 7.36. The van der Waals surface area contributed by atoms with Gasteiger partial charge in [-0.25, -0.2) is 9.97 Å². The Bertz CT molecular complexity index is 853. The fourth-order valence-electron chi connectivity index (χ4n) is 2.00. The van der Waals surface area contributed by atoms with Gasteiger partial charge in [0.1, 0.15) is 18.2 Å². The molecule has 0 atom stereocenters. The molecule has 1 aromatic carbocycles. The largest absolute Gasteiger partial charge is 0.438 e. The van der Waals surface area contributed by atoms with Crippen molar-refractivity contribution in [2.24, 2.45) is 0 Å². The summed E-state index contributed by atoms with van der Waals surface area (Å²) in [7, 11) is 0. The van der Waals surface area contributed by atoms with Crippen molar-refractivity contribution in [3.05, 3.63) is 72.6 Å². The summed E-state index contributed by atoms with van der Waals surface area (Å²) in [5.41, 5.74) is 1.53. The molecule has 0 radical (unpaired) electrons. The number of hydrogen-bond donors (Lipinski definition) is 2. The van der Waals surface area contributed by atoms with E-state index in [2.05, 4.69) is 27.1 Å². The van der Waals surface area contributed by atoms with Gasteiger partial charge in [-0.2, -0.15) is 0 Å². The molecule has 3 rings (SSSR count). The molecule has 0 saturated heterocycles. The molecule has 0 saturated carbocycles. The second-order valence-electron chi connectivity index (χ2n) is 4.78. The van der Waals surface area contributed by atoms with Crippen LogP contribution in [0.4, 0.5) is 11.5 Å². The van der Waals surface area contributed by atoms with E-state index in [1.54, 1.807) is 24.5 Å². The number of aliphatic hydroxyl groups is 1. The van der Waals surface area contributed by atoms with Gasteiger partial charge in [-0.1, -0.05) is 17.9 Å². The van der Waals surface area contributed by atoms with Crippen LogP contribution in [0.2, 0.25) is 0 Å². The van der Waals surface area contributed by atoms with E-state index >= 15 is 0 Å². The van der Waals surface area contributed by atoms with E-state index in [4.69, 9.17) is 9.84 Å². The van der Waals surface area contributed by atoms with Crippen LogP contribution in [0.5, 0.6) is 11.6 Å². The van der Waals surface area contributed by atoms with Crippen molar-refractivity contribution < 1.29 is 9.84 Å². The van der Waals surface area contributed by atoms with Crippen molar-refractivity contribution in [3.63, 3.8) is 0 Å². The molecule has 0 fully saturated rings. The average molecular weight is 317 g/mol. The predicted octanol–water partition coefficient (Wildman–Crippen LogP) is 3.36. The molecule has 5 heteroatoms. The summed E-state index contributed by atoms with van der Waals surface area (Å²) in [5, 5.41) is 12.0. The molecule has 0 aliphatic rings. The fraction of sp³-hybridized carbons (Fsp3) is 0.0526. The number of rotatable bonds is 4. The lowest BCUT2D eigenvalue weighted by atomic mass is 10.2. The molecule has 3 aromatic rings. The van der Waals surface area contributed by atoms with Crippen molar-refractivity contribution >= 4 is 11.5 Å². The first-order valence-corrected chi connectivity index (χ1v) is 7.36. The first kappa shape index (κ1) is 15.5. The summed E-state index contributed by atoms with van der Waals surface area (Å²) in [6, 6.07) is 16.7. The van der Waals surface area contributed by atoms with Gasteiger partial charge in [0.25, 0.3) is 0 Å². The number of aromatic nitrogens is 2. The van der Waals surface area contributed by atoms with Gasteiger partial charge in [0.15, 0.2) is 0 Å². The van der Waals surface area contributed by atoms with Crippen LogP contribution >= 0.6 is 0 Å². The van der Waals surface area contributed by atoms with Crippen LogP contribution in [0.1, 0.15) is 5.56 Å². The number of aliphatic hydroxyl groups excluding tert-OH is 1. The van der Waals surface area contributed by atoms with Crippen LogP contribution in [-0.4, -0.2) is 21.7 Å². The Kier molecular flexibility index (Phi) is 5.03. The van der Waals surface area contributed by atoms with Crippen LogP contribution < -0.4 is 10.1 Å². The van der Waals surface area contributed by atoms with E-state index in [1.165, 1.54) is 0 Å². The van der Waals surface area contributed by atoms with Crippen molar-refractivity contribution in [2.45, 2.75) is 0 Å². The minimum atomic E-state index is -0.206. The number of benzene rings is 1. The summed E-state index contributed by atoms with van der Waals surface area (Å²) in [6.45, 7) is -0.206. The predicted molar refractivity (Wildman–Crippen MR) is 92.2 cm³/mol. The van der Waals surface area contributed by atoms with Crippen molar-refractivity contribution in [1.29, 1.82) is 0 Å². The first-order chi connectivity index (χ1) is 11.8. The van der Waals surface area contributed by atoms with Gasteiger partial charge in [0.2, 0.25) is 5.88 Å². The molecule has 118 valence electrons. The summed E-state index contributed by atoms with van der Waals surface area (Å²) >= 11 is 0. The van der Waals surface area contributed by atoms with Gasteiger partial charge in [0, 0.05) is 18.1 Å².